The molecule has 1 N–H and O–H groups in total. The standard InChI is InChI=1S/C21H21FN2O2/c1-21(2,3)16-8-4-14(5-9-16)12-18-19(25)24(20(26)23-18)13-15-6-10-17(22)11-7-15/h4-12H,13H2,1-3H3,(H,23,26). The van der Waals surface area contributed by atoms with Crippen LogP contribution in [0, 0.1) is 5.82 Å². The molecule has 2 aromatic rings. The van der Waals surface area contributed by atoms with Crippen molar-refractivity contribution in [3.8, 4) is 0 Å². The van der Waals surface area contributed by atoms with Crippen LogP contribution in [0.1, 0.15) is 37.5 Å². The van der Waals surface area contributed by atoms with Gasteiger partial charge in [0.1, 0.15) is 11.5 Å². The third-order valence-electron chi connectivity index (χ3n) is 4.30. The first kappa shape index (κ1) is 17.9. The molecule has 0 spiro atoms. The third kappa shape index (κ3) is 3.82. The Morgan fingerprint density at radius 3 is 2.19 bits per heavy atom. The second-order valence-corrected chi connectivity index (χ2v) is 7.38. The average Bonchev–Trinajstić information content (AvgIpc) is 2.84. The molecule has 0 aliphatic carbocycles. The van der Waals surface area contributed by atoms with Gasteiger partial charge in [-0.25, -0.2) is 9.18 Å². The first-order valence-electron chi connectivity index (χ1n) is 8.43. The zero-order valence-corrected chi connectivity index (χ0v) is 15.0. The number of hydrogen-bond acceptors (Lipinski definition) is 2. The van der Waals surface area contributed by atoms with Crippen molar-refractivity contribution < 1.29 is 14.0 Å². The van der Waals surface area contributed by atoms with Gasteiger partial charge in [-0.2, -0.15) is 0 Å². The maximum Gasteiger partial charge on any atom is 0.329 e. The molecule has 134 valence electrons. The van der Waals surface area contributed by atoms with Crippen molar-refractivity contribution in [1.82, 2.24) is 10.2 Å². The highest BCUT2D eigenvalue weighted by Crippen LogP contribution is 2.23. The quantitative estimate of drug-likeness (QED) is 0.664. The Labute approximate surface area is 152 Å². The van der Waals surface area contributed by atoms with Crippen LogP contribution in [0.2, 0.25) is 0 Å². The highest BCUT2D eigenvalue weighted by atomic mass is 19.1. The van der Waals surface area contributed by atoms with Crippen molar-refractivity contribution in [2.75, 3.05) is 0 Å². The summed E-state index contributed by atoms with van der Waals surface area (Å²) in [5, 5.41) is 2.60. The van der Waals surface area contributed by atoms with Gasteiger partial charge < -0.3 is 5.32 Å². The predicted octanol–water partition coefficient (Wildman–Crippen LogP) is 4.22. The van der Waals surface area contributed by atoms with Gasteiger partial charge in [0.15, 0.2) is 0 Å². The second-order valence-electron chi connectivity index (χ2n) is 7.38. The van der Waals surface area contributed by atoms with Crippen molar-refractivity contribution in [2.24, 2.45) is 0 Å². The van der Waals surface area contributed by atoms with Crippen LogP contribution in [0.15, 0.2) is 54.2 Å². The highest BCUT2D eigenvalue weighted by molar-refractivity contribution is 6.13. The van der Waals surface area contributed by atoms with Crippen LogP contribution < -0.4 is 5.32 Å². The van der Waals surface area contributed by atoms with E-state index in [0.29, 0.717) is 5.56 Å². The zero-order valence-electron chi connectivity index (χ0n) is 15.0. The molecule has 1 heterocycles. The van der Waals surface area contributed by atoms with E-state index in [1.165, 1.54) is 17.7 Å². The minimum absolute atomic E-state index is 0.0506. The molecule has 26 heavy (non-hydrogen) atoms. The number of halogens is 1. The van der Waals surface area contributed by atoms with E-state index in [9.17, 15) is 14.0 Å². The predicted molar refractivity (Wildman–Crippen MR) is 98.6 cm³/mol. The SMILES string of the molecule is CC(C)(C)c1ccc(C=C2NC(=O)N(Cc3ccc(F)cc3)C2=O)cc1. The van der Waals surface area contributed by atoms with Gasteiger partial charge in [-0.05, 0) is 40.3 Å². The Morgan fingerprint density at radius 1 is 1.00 bits per heavy atom. The van der Waals surface area contributed by atoms with Gasteiger partial charge in [0.05, 0.1) is 6.54 Å². The Balaban J connectivity index is 1.77. The molecule has 0 saturated carbocycles. The molecule has 2 aromatic carbocycles. The largest absolute Gasteiger partial charge is 0.329 e. The number of benzene rings is 2. The van der Waals surface area contributed by atoms with Crippen LogP contribution in [-0.4, -0.2) is 16.8 Å². The zero-order chi connectivity index (χ0) is 18.9. The summed E-state index contributed by atoms with van der Waals surface area (Å²) in [6.07, 6.45) is 1.66. The minimum Gasteiger partial charge on any atom is -0.303 e. The van der Waals surface area contributed by atoms with Gasteiger partial charge in [0.25, 0.3) is 5.91 Å². The molecule has 4 nitrogen and oxygen atoms in total. The van der Waals surface area contributed by atoms with Gasteiger partial charge in [-0.1, -0.05) is 57.2 Å². The lowest BCUT2D eigenvalue weighted by Gasteiger charge is -2.18. The van der Waals surface area contributed by atoms with Crippen molar-refractivity contribution >= 4 is 18.0 Å². The molecule has 0 radical (unpaired) electrons. The van der Waals surface area contributed by atoms with E-state index >= 15 is 0 Å². The number of imide groups is 1. The van der Waals surface area contributed by atoms with E-state index in [1.54, 1.807) is 18.2 Å². The normalized spacial score (nSPS) is 16.3. The number of carbonyl (C=O) groups excluding carboxylic acids is 2. The Hall–Kier alpha value is -2.95. The lowest BCUT2D eigenvalue weighted by molar-refractivity contribution is -0.123. The highest BCUT2D eigenvalue weighted by Gasteiger charge is 2.33. The molecule has 0 unspecified atom stereocenters. The van der Waals surface area contributed by atoms with Crippen molar-refractivity contribution in [1.29, 1.82) is 0 Å². The topological polar surface area (TPSA) is 49.4 Å². The molecule has 5 heteroatoms. The first-order valence-corrected chi connectivity index (χ1v) is 8.43. The second kappa shape index (κ2) is 6.75. The molecule has 1 aliphatic heterocycles. The molecular formula is C21H21FN2O2. The van der Waals surface area contributed by atoms with Crippen molar-refractivity contribution in [3.63, 3.8) is 0 Å². The minimum atomic E-state index is -0.475. The maximum absolute atomic E-state index is 13.0. The number of nitrogens with zero attached hydrogens (tertiary/aromatic N) is 1. The summed E-state index contributed by atoms with van der Waals surface area (Å²) in [5.74, 6) is -0.746. The molecule has 1 fully saturated rings. The van der Waals surface area contributed by atoms with Gasteiger partial charge in [0.2, 0.25) is 0 Å². The van der Waals surface area contributed by atoms with Crippen LogP contribution in [-0.2, 0) is 16.8 Å². The molecule has 0 bridgehead atoms. The summed E-state index contributed by atoms with van der Waals surface area (Å²) in [5.41, 5.74) is 3.01. The van der Waals surface area contributed by atoms with Crippen LogP contribution in [0.25, 0.3) is 6.08 Å². The smallest absolute Gasteiger partial charge is 0.303 e. The van der Waals surface area contributed by atoms with Gasteiger partial charge >= 0.3 is 6.03 Å². The fourth-order valence-electron chi connectivity index (χ4n) is 2.73. The summed E-state index contributed by atoms with van der Waals surface area (Å²) in [7, 11) is 0. The van der Waals surface area contributed by atoms with Crippen LogP contribution >= 0.6 is 0 Å². The van der Waals surface area contributed by atoms with Crippen LogP contribution in [0.3, 0.4) is 0 Å². The van der Waals surface area contributed by atoms with Crippen LogP contribution in [0.5, 0.6) is 0 Å². The summed E-state index contributed by atoms with van der Waals surface area (Å²) >= 11 is 0. The molecule has 0 aromatic heterocycles. The number of carbonyl (C=O) groups is 2. The Morgan fingerprint density at radius 2 is 1.62 bits per heavy atom. The van der Waals surface area contributed by atoms with Gasteiger partial charge in [0, 0.05) is 0 Å². The first-order chi connectivity index (χ1) is 12.2. The van der Waals surface area contributed by atoms with Gasteiger partial charge in [-0.15, -0.1) is 0 Å². The fraction of sp³-hybridized carbons (Fsp3) is 0.238. The van der Waals surface area contributed by atoms with E-state index in [4.69, 9.17) is 0 Å². The molecule has 3 amide bonds. The number of hydrogen-bond donors (Lipinski definition) is 1. The lowest BCUT2D eigenvalue weighted by atomic mass is 9.87. The fourth-order valence-corrected chi connectivity index (χ4v) is 2.73. The molecule has 0 atom stereocenters. The number of nitrogens with one attached hydrogen (secondary N) is 1. The molecule has 3 rings (SSSR count). The number of urea groups is 1. The monoisotopic (exact) mass is 352 g/mol. The van der Waals surface area contributed by atoms with E-state index in [2.05, 4.69) is 26.1 Å². The molecular weight excluding hydrogens is 331 g/mol. The average molecular weight is 352 g/mol. The van der Waals surface area contributed by atoms with E-state index in [0.717, 1.165) is 10.5 Å². The van der Waals surface area contributed by atoms with E-state index in [-0.39, 0.29) is 29.4 Å². The maximum atomic E-state index is 13.0. The summed E-state index contributed by atoms with van der Waals surface area (Å²) in [6, 6.07) is 13.1. The van der Waals surface area contributed by atoms with Crippen LogP contribution in [0.4, 0.5) is 9.18 Å². The summed E-state index contributed by atoms with van der Waals surface area (Å²) < 4.78 is 13.0. The third-order valence-corrected chi connectivity index (χ3v) is 4.30. The number of rotatable bonds is 3. The van der Waals surface area contributed by atoms with Crippen molar-refractivity contribution in [2.45, 2.75) is 32.7 Å². The Bertz CT molecular complexity index is 862. The van der Waals surface area contributed by atoms with Crippen molar-refractivity contribution in [3.05, 3.63) is 76.7 Å². The molecule has 1 aliphatic rings. The summed E-state index contributed by atoms with van der Waals surface area (Å²) in [6.45, 7) is 6.50. The van der Waals surface area contributed by atoms with E-state index < -0.39 is 6.03 Å². The lowest BCUT2D eigenvalue weighted by Crippen LogP contribution is -2.30. The number of amides is 3. The van der Waals surface area contributed by atoms with E-state index in [1.807, 2.05) is 24.3 Å². The Kier molecular flexibility index (Phi) is 4.64. The van der Waals surface area contributed by atoms with Gasteiger partial charge in [-0.3, -0.25) is 9.69 Å². The molecule has 1 saturated heterocycles. The summed E-state index contributed by atoms with van der Waals surface area (Å²) in [4.78, 5) is 25.8.